The highest BCUT2D eigenvalue weighted by atomic mass is 16.1. The summed E-state index contributed by atoms with van der Waals surface area (Å²) in [7, 11) is 2.16. The van der Waals surface area contributed by atoms with Gasteiger partial charge in [0.25, 0.3) is 0 Å². The molecule has 0 unspecified atom stereocenters. The molecule has 3 rings (SSSR count). The molecule has 132 valence electrons. The summed E-state index contributed by atoms with van der Waals surface area (Å²) in [5.74, 6) is 0.295. The summed E-state index contributed by atoms with van der Waals surface area (Å²) in [6, 6.07) is 20.4. The number of likely N-dealkylation sites (N-methyl/N-ethyl adjacent to an activating group) is 1. The molecule has 3 heteroatoms. The van der Waals surface area contributed by atoms with Gasteiger partial charge in [0.15, 0.2) is 0 Å². The average Bonchev–Trinajstić information content (AvgIpc) is 2.68. The van der Waals surface area contributed by atoms with Gasteiger partial charge >= 0.3 is 0 Å². The van der Waals surface area contributed by atoms with Gasteiger partial charge in [0.1, 0.15) is 5.78 Å². The van der Waals surface area contributed by atoms with Gasteiger partial charge < -0.3 is 9.80 Å². The van der Waals surface area contributed by atoms with Crippen molar-refractivity contribution in [1.82, 2.24) is 9.80 Å². The molecule has 0 radical (unpaired) electrons. The van der Waals surface area contributed by atoms with Crippen molar-refractivity contribution in [3.63, 3.8) is 0 Å². The maximum atomic E-state index is 13.3. The fourth-order valence-electron chi connectivity index (χ4n) is 3.61. The molecule has 1 saturated heterocycles. The highest BCUT2D eigenvalue weighted by molar-refractivity contribution is 5.93. The zero-order valence-electron chi connectivity index (χ0n) is 15.3. The number of piperazine rings is 1. The fraction of sp³-hybridized carbons (Fsp3) is 0.409. The predicted octanol–water partition coefficient (Wildman–Crippen LogP) is 3.20. The Kier molecular flexibility index (Phi) is 5.67. The van der Waals surface area contributed by atoms with Crippen molar-refractivity contribution in [1.29, 1.82) is 0 Å². The number of hydrogen-bond donors (Lipinski definition) is 0. The summed E-state index contributed by atoms with van der Waals surface area (Å²) in [4.78, 5) is 18.1. The Hall–Kier alpha value is -1.97. The average molecular weight is 336 g/mol. The molecular weight excluding hydrogens is 308 g/mol. The van der Waals surface area contributed by atoms with Crippen LogP contribution in [0.2, 0.25) is 0 Å². The lowest BCUT2D eigenvalue weighted by molar-refractivity contribution is -0.123. The van der Waals surface area contributed by atoms with E-state index in [4.69, 9.17) is 0 Å². The van der Waals surface area contributed by atoms with Gasteiger partial charge in [-0.2, -0.15) is 0 Å². The Morgan fingerprint density at radius 2 is 1.36 bits per heavy atom. The SMILES string of the molecule is CN1CCN(CCC(=O)C(C)(c2ccccc2)c2ccccc2)CC1. The van der Waals surface area contributed by atoms with Gasteiger partial charge in [-0.05, 0) is 25.1 Å². The summed E-state index contributed by atoms with van der Waals surface area (Å²) < 4.78 is 0. The maximum absolute atomic E-state index is 13.3. The topological polar surface area (TPSA) is 23.6 Å². The van der Waals surface area contributed by atoms with E-state index in [0.29, 0.717) is 12.2 Å². The minimum atomic E-state index is -0.588. The number of carbonyl (C=O) groups excluding carboxylic acids is 1. The number of rotatable bonds is 6. The van der Waals surface area contributed by atoms with E-state index in [2.05, 4.69) is 48.0 Å². The Morgan fingerprint density at radius 3 is 1.84 bits per heavy atom. The van der Waals surface area contributed by atoms with Crippen molar-refractivity contribution in [3.05, 3.63) is 71.8 Å². The standard InChI is InChI=1S/C22H28N2O/c1-22(19-9-5-3-6-10-19,20-11-7-4-8-12-20)21(25)13-14-24-17-15-23(2)16-18-24/h3-12H,13-18H2,1-2H3. The highest BCUT2D eigenvalue weighted by Gasteiger charge is 2.36. The summed E-state index contributed by atoms with van der Waals surface area (Å²) in [6.45, 7) is 7.20. The van der Waals surface area contributed by atoms with E-state index in [-0.39, 0.29) is 0 Å². The van der Waals surface area contributed by atoms with E-state index in [1.54, 1.807) is 0 Å². The quantitative estimate of drug-likeness (QED) is 0.809. The molecule has 1 aliphatic rings. The lowest BCUT2D eigenvalue weighted by atomic mass is 9.72. The molecule has 0 spiro atoms. The fourth-order valence-corrected chi connectivity index (χ4v) is 3.61. The van der Waals surface area contributed by atoms with Crippen molar-refractivity contribution >= 4 is 5.78 Å². The summed E-state index contributed by atoms with van der Waals surface area (Å²) in [5, 5.41) is 0. The molecule has 3 nitrogen and oxygen atoms in total. The van der Waals surface area contributed by atoms with E-state index in [0.717, 1.165) is 43.9 Å². The van der Waals surface area contributed by atoms with Gasteiger partial charge in [0.05, 0.1) is 5.41 Å². The van der Waals surface area contributed by atoms with E-state index in [1.165, 1.54) is 0 Å². The molecule has 1 fully saturated rings. The molecule has 0 bridgehead atoms. The number of ketones is 1. The van der Waals surface area contributed by atoms with E-state index in [9.17, 15) is 4.79 Å². The molecule has 0 saturated carbocycles. The molecule has 1 aliphatic heterocycles. The zero-order chi connectivity index (χ0) is 17.7. The second-order valence-corrected chi connectivity index (χ2v) is 7.18. The van der Waals surface area contributed by atoms with Crippen molar-refractivity contribution in [2.45, 2.75) is 18.8 Å². The van der Waals surface area contributed by atoms with Gasteiger partial charge in [0.2, 0.25) is 0 Å². The van der Waals surface area contributed by atoms with Gasteiger partial charge in [-0.15, -0.1) is 0 Å². The summed E-state index contributed by atoms with van der Waals surface area (Å²) in [5.41, 5.74) is 1.56. The molecule has 0 atom stereocenters. The van der Waals surface area contributed by atoms with Crippen LogP contribution in [-0.2, 0) is 10.2 Å². The molecule has 0 amide bonds. The third-order valence-corrected chi connectivity index (χ3v) is 5.51. The Morgan fingerprint density at radius 1 is 0.880 bits per heavy atom. The van der Waals surface area contributed by atoms with Crippen molar-refractivity contribution in [2.75, 3.05) is 39.8 Å². The Labute approximate surface area is 151 Å². The molecule has 0 aliphatic carbocycles. The Balaban J connectivity index is 1.79. The minimum Gasteiger partial charge on any atom is -0.304 e. The minimum absolute atomic E-state index is 0.295. The third-order valence-electron chi connectivity index (χ3n) is 5.51. The first kappa shape index (κ1) is 17.8. The largest absolute Gasteiger partial charge is 0.304 e. The van der Waals surface area contributed by atoms with Crippen molar-refractivity contribution in [3.8, 4) is 0 Å². The van der Waals surface area contributed by atoms with Crippen LogP contribution >= 0.6 is 0 Å². The first-order chi connectivity index (χ1) is 12.1. The third kappa shape index (κ3) is 4.00. The molecule has 25 heavy (non-hydrogen) atoms. The lowest BCUT2D eigenvalue weighted by Crippen LogP contribution is -2.46. The molecule has 2 aromatic carbocycles. The van der Waals surface area contributed by atoms with Crippen LogP contribution in [-0.4, -0.2) is 55.4 Å². The predicted molar refractivity (Wildman–Crippen MR) is 103 cm³/mol. The first-order valence-corrected chi connectivity index (χ1v) is 9.16. The van der Waals surface area contributed by atoms with Crippen LogP contribution in [0.1, 0.15) is 24.5 Å². The molecule has 0 N–H and O–H groups in total. The first-order valence-electron chi connectivity index (χ1n) is 9.16. The van der Waals surface area contributed by atoms with Gasteiger partial charge in [-0.3, -0.25) is 4.79 Å². The lowest BCUT2D eigenvalue weighted by Gasteiger charge is -2.34. The van der Waals surface area contributed by atoms with Crippen LogP contribution in [0.3, 0.4) is 0 Å². The molecule has 0 aromatic heterocycles. The monoisotopic (exact) mass is 336 g/mol. The molecule has 1 heterocycles. The number of carbonyl (C=O) groups is 1. The van der Waals surface area contributed by atoms with Gasteiger partial charge in [-0.25, -0.2) is 0 Å². The summed E-state index contributed by atoms with van der Waals surface area (Å²) in [6.07, 6.45) is 0.587. The van der Waals surface area contributed by atoms with Crippen LogP contribution < -0.4 is 0 Å². The van der Waals surface area contributed by atoms with E-state index in [1.807, 2.05) is 36.4 Å². The molecular formula is C22H28N2O. The molecule has 2 aromatic rings. The van der Waals surface area contributed by atoms with Crippen LogP contribution in [0.4, 0.5) is 0 Å². The Bertz CT molecular complexity index is 636. The zero-order valence-corrected chi connectivity index (χ0v) is 15.3. The van der Waals surface area contributed by atoms with Crippen LogP contribution in [0.25, 0.3) is 0 Å². The van der Waals surface area contributed by atoms with Crippen molar-refractivity contribution in [2.24, 2.45) is 0 Å². The van der Waals surface area contributed by atoms with Gasteiger partial charge in [-0.1, -0.05) is 60.7 Å². The van der Waals surface area contributed by atoms with Crippen molar-refractivity contribution < 1.29 is 4.79 Å². The second kappa shape index (κ2) is 7.94. The van der Waals surface area contributed by atoms with Crippen LogP contribution in [0.15, 0.2) is 60.7 Å². The number of nitrogens with zero attached hydrogens (tertiary/aromatic N) is 2. The second-order valence-electron chi connectivity index (χ2n) is 7.18. The normalized spacial score (nSPS) is 16.7. The highest BCUT2D eigenvalue weighted by Crippen LogP contribution is 2.34. The maximum Gasteiger partial charge on any atom is 0.148 e. The number of hydrogen-bond acceptors (Lipinski definition) is 3. The summed E-state index contributed by atoms with van der Waals surface area (Å²) >= 11 is 0. The van der Waals surface area contributed by atoms with E-state index < -0.39 is 5.41 Å². The van der Waals surface area contributed by atoms with E-state index >= 15 is 0 Å². The van der Waals surface area contributed by atoms with Crippen LogP contribution in [0, 0.1) is 0 Å². The number of Topliss-reactive ketones (excluding diaryl/α,β-unsaturated/α-hetero) is 1. The van der Waals surface area contributed by atoms with Gasteiger partial charge in [0, 0.05) is 39.1 Å². The van der Waals surface area contributed by atoms with Crippen LogP contribution in [0.5, 0.6) is 0 Å². The smallest absolute Gasteiger partial charge is 0.148 e. The number of benzene rings is 2.